The number of rotatable bonds is 4. The Bertz CT molecular complexity index is 732. The van der Waals surface area contributed by atoms with Gasteiger partial charge in [0.25, 0.3) is 5.91 Å². The third kappa shape index (κ3) is 3.13. The van der Waals surface area contributed by atoms with Gasteiger partial charge in [0.1, 0.15) is 0 Å². The Morgan fingerprint density at radius 3 is 2.77 bits per heavy atom. The number of aromatic nitrogens is 5. The molecule has 3 aromatic rings. The molecule has 0 saturated heterocycles. The van der Waals surface area contributed by atoms with E-state index in [0.717, 1.165) is 10.9 Å². The van der Waals surface area contributed by atoms with Gasteiger partial charge in [-0.25, -0.2) is 0 Å². The monoisotopic (exact) mass is 300 g/mol. The summed E-state index contributed by atoms with van der Waals surface area (Å²) in [5.41, 5.74) is 1.70. The Morgan fingerprint density at radius 2 is 2.09 bits per heavy atom. The van der Waals surface area contributed by atoms with E-state index in [0.29, 0.717) is 24.4 Å². The normalized spacial score (nSPS) is 10.1. The fraction of sp³-hybridized carbons (Fsp3) is 0.333. The summed E-state index contributed by atoms with van der Waals surface area (Å²) in [5.74, 6) is 0.573. The molecular weight excluding hydrogens is 280 g/mol. The molecule has 0 aliphatic heterocycles. The van der Waals surface area contributed by atoms with E-state index < -0.39 is 0 Å². The number of carbonyl (C=O) groups is 1. The second-order valence-electron chi connectivity index (χ2n) is 4.41. The molecule has 2 aromatic heterocycles. The highest BCUT2D eigenvalue weighted by atomic mass is 16.1. The van der Waals surface area contributed by atoms with Crippen LogP contribution in [0, 0.1) is 0 Å². The van der Waals surface area contributed by atoms with Crippen molar-refractivity contribution in [2.24, 2.45) is 0 Å². The summed E-state index contributed by atoms with van der Waals surface area (Å²) in [6, 6.07) is 7.84. The number of para-hydroxylation sites is 1. The van der Waals surface area contributed by atoms with Crippen LogP contribution in [0.5, 0.6) is 0 Å². The van der Waals surface area contributed by atoms with Crippen LogP contribution < -0.4 is 5.32 Å². The van der Waals surface area contributed by atoms with E-state index in [-0.39, 0.29) is 5.91 Å². The predicted molar refractivity (Wildman–Crippen MR) is 84.6 cm³/mol. The van der Waals surface area contributed by atoms with Crippen molar-refractivity contribution in [3.63, 3.8) is 0 Å². The summed E-state index contributed by atoms with van der Waals surface area (Å²) in [6.07, 6.45) is 2.52. The van der Waals surface area contributed by atoms with Crippen LogP contribution in [-0.4, -0.2) is 38.1 Å². The molecule has 116 valence electrons. The molecular formula is C15H20N6O. The minimum absolute atomic E-state index is 0.0838. The maximum Gasteiger partial charge on any atom is 0.253 e. The Labute approximate surface area is 128 Å². The average Bonchev–Trinajstić information content (AvgIpc) is 3.22. The molecule has 7 heteroatoms. The van der Waals surface area contributed by atoms with Gasteiger partial charge in [-0.05, 0) is 6.07 Å². The number of fused-ring (bicyclic) bond motifs is 1. The molecule has 2 heterocycles. The summed E-state index contributed by atoms with van der Waals surface area (Å²) < 4.78 is 2.04. The zero-order valence-corrected chi connectivity index (χ0v) is 13.0. The van der Waals surface area contributed by atoms with Gasteiger partial charge in [-0.15, -0.1) is 10.2 Å². The number of nitrogens with zero attached hydrogens (tertiary/aromatic N) is 4. The molecule has 0 spiro atoms. The van der Waals surface area contributed by atoms with Crippen molar-refractivity contribution in [3.8, 4) is 0 Å². The number of hydrogen-bond acceptors (Lipinski definition) is 4. The number of benzene rings is 1. The summed E-state index contributed by atoms with van der Waals surface area (Å²) >= 11 is 0. The van der Waals surface area contributed by atoms with Crippen LogP contribution in [0.15, 0.2) is 30.5 Å². The van der Waals surface area contributed by atoms with Gasteiger partial charge >= 0.3 is 0 Å². The first kappa shape index (κ1) is 15.7. The molecule has 0 bridgehead atoms. The number of aromatic amines is 1. The van der Waals surface area contributed by atoms with Crippen LogP contribution in [0.3, 0.4) is 0 Å². The maximum atomic E-state index is 11.9. The lowest BCUT2D eigenvalue weighted by molar-refractivity contribution is 0.0964. The molecule has 22 heavy (non-hydrogen) atoms. The second-order valence-corrected chi connectivity index (χ2v) is 4.41. The van der Waals surface area contributed by atoms with Crippen molar-refractivity contribution < 1.29 is 4.79 Å². The first-order valence-corrected chi connectivity index (χ1v) is 7.32. The molecule has 0 atom stereocenters. The van der Waals surface area contributed by atoms with Gasteiger partial charge in [0, 0.05) is 37.1 Å². The van der Waals surface area contributed by atoms with Crippen molar-refractivity contribution in [3.05, 3.63) is 41.9 Å². The summed E-state index contributed by atoms with van der Waals surface area (Å²) in [4.78, 5) is 11.9. The van der Waals surface area contributed by atoms with Crippen molar-refractivity contribution in [1.82, 2.24) is 30.5 Å². The molecule has 0 unspecified atom stereocenters. The van der Waals surface area contributed by atoms with Crippen molar-refractivity contribution >= 4 is 16.8 Å². The first-order valence-electron chi connectivity index (χ1n) is 7.32. The number of H-pyrrole nitrogens is 1. The van der Waals surface area contributed by atoms with Crippen LogP contribution in [0.1, 0.15) is 30.0 Å². The number of hydrogen-bond donors (Lipinski definition) is 2. The highest BCUT2D eigenvalue weighted by Crippen LogP contribution is 2.21. The minimum atomic E-state index is -0.0838. The van der Waals surface area contributed by atoms with Gasteiger partial charge in [0.15, 0.2) is 5.82 Å². The van der Waals surface area contributed by atoms with Crippen LogP contribution in [-0.2, 0) is 13.0 Å². The van der Waals surface area contributed by atoms with E-state index in [1.165, 1.54) is 0 Å². The van der Waals surface area contributed by atoms with Crippen molar-refractivity contribution in [1.29, 1.82) is 0 Å². The van der Waals surface area contributed by atoms with Gasteiger partial charge in [-0.1, -0.05) is 37.3 Å². The van der Waals surface area contributed by atoms with E-state index in [1.807, 2.05) is 48.9 Å². The molecule has 0 aliphatic rings. The van der Waals surface area contributed by atoms with Gasteiger partial charge in [0.05, 0.1) is 5.56 Å². The van der Waals surface area contributed by atoms with Gasteiger partial charge in [-0.3, -0.25) is 4.79 Å². The highest BCUT2D eigenvalue weighted by Gasteiger charge is 2.13. The lowest BCUT2D eigenvalue weighted by Gasteiger charge is -2.02. The SMILES string of the molecule is CC.CNC(=O)c1cn(CCc2nn[nH]n2)c2ccccc12. The summed E-state index contributed by atoms with van der Waals surface area (Å²) in [5, 5.41) is 17.4. The third-order valence-electron chi connectivity index (χ3n) is 3.23. The molecule has 0 radical (unpaired) electrons. The number of carbonyl (C=O) groups excluding carboxylic acids is 1. The summed E-state index contributed by atoms with van der Waals surface area (Å²) in [6.45, 7) is 4.69. The fourth-order valence-electron chi connectivity index (χ4n) is 2.26. The van der Waals surface area contributed by atoms with Crippen molar-refractivity contribution in [2.45, 2.75) is 26.8 Å². The van der Waals surface area contributed by atoms with Crippen LogP contribution in [0.2, 0.25) is 0 Å². The molecule has 0 aliphatic carbocycles. The molecule has 1 aromatic carbocycles. The van der Waals surface area contributed by atoms with E-state index in [4.69, 9.17) is 0 Å². The predicted octanol–water partition coefficient (Wildman–Crippen LogP) is 1.78. The first-order chi connectivity index (χ1) is 10.8. The standard InChI is InChI=1S/C13H14N6O.C2H6/c1-14-13(20)10-8-19(7-6-12-15-17-18-16-12)11-5-3-2-4-9(10)11;1-2/h2-5,8H,6-7H2,1H3,(H,14,20)(H,15,16,17,18);1-2H3. The molecule has 2 N–H and O–H groups in total. The molecule has 0 saturated carbocycles. The smallest absolute Gasteiger partial charge is 0.253 e. The Kier molecular flexibility index (Phi) is 5.24. The molecule has 1 amide bonds. The van der Waals surface area contributed by atoms with Crippen molar-refractivity contribution in [2.75, 3.05) is 7.05 Å². The lowest BCUT2D eigenvalue weighted by Crippen LogP contribution is -2.17. The Hall–Kier alpha value is -2.70. The van der Waals surface area contributed by atoms with E-state index in [9.17, 15) is 4.79 Å². The van der Waals surface area contributed by atoms with Crippen LogP contribution >= 0.6 is 0 Å². The van der Waals surface area contributed by atoms with E-state index >= 15 is 0 Å². The number of aryl methyl sites for hydroxylation is 2. The molecule has 0 fully saturated rings. The van der Waals surface area contributed by atoms with Gasteiger partial charge < -0.3 is 9.88 Å². The Morgan fingerprint density at radius 1 is 1.32 bits per heavy atom. The number of nitrogens with one attached hydrogen (secondary N) is 2. The zero-order valence-electron chi connectivity index (χ0n) is 13.0. The molecule has 3 rings (SSSR count). The number of amides is 1. The van der Waals surface area contributed by atoms with Gasteiger partial charge in [0.2, 0.25) is 0 Å². The summed E-state index contributed by atoms with van der Waals surface area (Å²) in [7, 11) is 1.63. The second kappa shape index (κ2) is 7.35. The lowest BCUT2D eigenvalue weighted by atomic mass is 10.1. The van der Waals surface area contributed by atoms with Crippen LogP contribution in [0.4, 0.5) is 0 Å². The Balaban J connectivity index is 0.000000847. The number of tetrazole rings is 1. The maximum absolute atomic E-state index is 11.9. The van der Waals surface area contributed by atoms with E-state index in [2.05, 4.69) is 25.9 Å². The quantitative estimate of drug-likeness (QED) is 0.768. The molecule has 7 nitrogen and oxygen atoms in total. The van der Waals surface area contributed by atoms with E-state index in [1.54, 1.807) is 7.05 Å². The van der Waals surface area contributed by atoms with Gasteiger partial charge in [-0.2, -0.15) is 5.21 Å². The minimum Gasteiger partial charge on any atom is -0.355 e. The largest absolute Gasteiger partial charge is 0.355 e. The third-order valence-corrected chi connectivity index (χ3v) is 3.23. The van der Waals surface area contributed by atoms with Crippen LogP contribution in [0.25, 0.3) is 10.9 Å². The highest BCUT2D eigenvalue weighted by molar-refractivity contribution is 6.06. The average molecular weight is 300 g/mol. The topological polar surface area (TPSA) is 88.5 Å². The zero-order chi connectivity index (χ0) is 15.9. The fourth-order valence-corrected chi connectivity index (χ4v) is 2.26.